The molecule has 2 aromatic carbocycles. The number of aliphatic carboxylic acids is 1. The normalized spacial score (nSPS) is 23.1. The number of methoxy groups -OCH3 is 2. The second kappa shape index (κ2) is 31.1. The number of hydrogen-bond donors (Lipinski definition) is 2. The van der Waals surface area contributed by atoms with Crippen LogP contribution in [0.25, 0.3) is 43.2 Å². The predicted molar refractivity (Wildman–Crippen MR) is 372 cm³/mol. The van der Waals surface area contributed by atoms with Crippen molar-refractivity contribution in [2.75, 3.05) is 40.5 Å². The van der Waals surface area contributed by atoms with Gasteiger partial charge >= 0.3 is 30.1 Å². The lowest BCUT2D eigenvalue weighted by Crippen LogP contribution is -3.00. The lowest BCUT2D eigenvalue weighted by molar-refractivity contribution is -0.428. The molecule has 4 aliphatic rings. The molecule has 6 aromatic rings. The highest BCUT2D eigenvalue weighted by atomic mass is 35.5. The van der Waals surface area contributed by atoms with Gasteiger partial charge in [0.1, 0.15) is 79.9 Å². The molecule has 6 heterocycles. The second-order valence-corrected chi connectivity index (χ2v) is 29.8. The van der Waals surface area contributed by atoms with Gasteiger partial charge in [0.15, 0.2) is 11.3 Å². The number of allylic oxidation sites excluding steroid dienone is 1. The minimum absolute atomic E-state index is 0. The third-order valence-corrected chi connectivity index (χ3v) is 19.8. The lowest BCUT2D eigenvalue weighted by Gasteiger charge is -2.29. The van der Waals surface area contributed by atoms with Crippen molar-refractivity contribution in [1.82, 2.24) is 29.7 Å². The molecule has 0 spiro atoms. The number of ketones is 1. The Morgan fingerprint density at radius 3 is 1.43 bits per heavy atom. The van der Waals surface area contributed by atoms with Crippen LogP contribution in [0.2, 0.25) is 0 Å². The van der Waals surface area contributed by atoms with Crippen molar-refractivity contribution in [1.29, 1.82) is 0 Å². The maximum Gasteiger partial charge on any atom is 0.411 e. The number of hydrogen-bond acceptors (Lipinski definition) is 20. The second-order valence-electron chi connectivity index (χ2n) is 28.1. The van der Waals surface area contributed by atoms with E-state index in [1.165, 1.54) is 32.5 Å². The number of benzene rings is 2. The number of carbonyl (C=O) groups is 6. The first-order valence-corrected chi connectivity index (χ1v) is 34.8. The molecule has 10 atom stereocenters. The van der Waals surface area contributed by atoms with E-state index in [-0.39, 0.29) is 73.9 Å². The number of esters is 2. The third kappa shape index (κ3) is 16.8. The van der Waals surface area contributed by atoms with E-state index in [1.54, 1.807) is 88.7 Å². The summed E-state index contributed by atoms with van der Waals surface area (Å²) in [5.41, 5.74) is 7.23. The zero-order valence-electron chi connectivity index (χ0n) is 59.7. The molecule has 2 amide bonds. The first kappa shape index (κ1) is 77.4. The monoisotopic (exact) mass is 1410 g/mol. The summed E-state index contributed by atoms with van der Waals surface area (Å²) in [5.74, 6) is 0.269. The maximum absolute atomic E-state index is 14.2. The van der Waals surface area contributed by atoms with E-state index in [9.17, 15) is 33.9 Å². The molecule has 0 unspecified atom stereocenters. The zero-order valence-corrected chi connectivity index (χ0v) is 62.0. The van der Waals surface area contributed by atoms with E-state index in [2.05, 4.69) is 46.6 Å². The van der Waals surface area contributed by atoms with Gasteiger partial charge < -0.3 is 61.1 Å². The van der Waals surface area contributed by atoms with Crippen LogP contribution >= 0.6 is 22.7 Å². The number of fused-ring (bicyclic) bond motifs is 2. The van der Waals surface area contributed by atoms with Crippen LogP contribution < -0.4 is 37.1 Å². The van der Waals surface area contributed by atoms with E-state index in [1.807, 2.05) is 67.9 Å². The molecule has 2 saturated heterocycles. The summed E-state index contributed by atoms with van der Waals surface area (Å²) in [6.45, 7) is 38.4. The highest BCUT2D eigenvalue weighted by molar-refractivity contribution is 7.13. The van der Waals surface area contributed by atoms with E-state index in [0.29, 0.717) is 58.4 Å². The van der Waals surface area contributed by atoms with Gasteiger partial charge in [-0.2, -0.15) is 0 Å². The van der Waals surface area contributed by atoms with Gasteiger partial charge in [0, 0.05) is 75.4 Å². The lowest BCUT2D eigenvalue weighted by atomic mass is 9.88. The van der Waals surface area contributed by atoms with E-state index in [4.69, 9.17) is 57.8 Å². The molecule has 10 rings (SSSR count). The largest absolute Gasteiger partial charge is 1.00 e. The van der Waals surface area contributed by atoms with Gasteiger partial charge in [0.2, 0.25) is 0 Å². The number of carboxylic acids is 1. The van der Waals surface area contributed by atoms with Crippen molar-refractivity contribution >= 4 is 80.4 Å². The number of halogens is 1. The van der Waals surface area contributed by atoms with Crippen molar-refractivity contribution in [3.63, 3.8) is 0 Å². The molecule has 4 aromatic heterocycles. The molecule has 22 nitrogen and oxygen atoms in total. The number of carboxylic acid groups (broad SMARTS) is 1. The van der Waals surface area contributed by atoms with Crippen LogP contribution in [-0.4, -0.2) is 152 Å². The number of amides is 2. The van der Waals surface area contributed by atoms with Crippen molar-refractivity contribution in [2.45, 2.75) is 183 Å². The molecule has 4 fully saturated rings. The zero-order chi connectivity index (χ0) is 71.6. The number of pyridine rings is 2. The summed E-state index contributed by atoms with van der Waals surface area (Å²) in [6.07, 6.45) is 2.26. The fourth-order valence-electron chi connectivity index (χ4n) is 12.3. The van der Waals surface area contributed by atoms with Crippen molar-refractivity contribution < 1.29 is 89.9 Å². The Kier molecular flexibility index (Phi) is 24.6. The molecule has 532 valence electrons. The average molecular weight is 1410 g/mol. The number of ether oxygens (including phenoxy) is 8. The molecular weight excluding hydrogens is 1310 g/mol. The summed E-state index contributed by atoms with van der Waals surface area (Å²) in [4.78, 5) is 99.4. The highest BCUT2D eigenvalue weighted by Gasteiger charge is 2.63. The van der Waals surface area contributed by atoms with Crippen LogP contribution in [0.4, 0.5) is 9.59 Å². The smallest absolute Gasteiger partial charge is 0.411 e. The number of quaternary nitrogens is 1. The molecule has 2 aliphatic carbocycles. The number of aryl methyl sites for hydroxylation is 2. The van der Waals surface area contributed by atoms with Crippen molar-refractivity contribution in [3.05, 3.63) is 95.0 Å². The number of likely N-dealkylation sites (tertiary alicyclic amines) is 2. The number of Topliss-reactive ketones (excluding diaryl/α,β-unsaturated/α-hetero) is 1. The predicted octanol–water partition coefficient (Wildman–Crippen LogP) is 10.1. The summed E-state index contributed by atoms with van der Waals surface area (Å²) < 4.78 is 45.9. The molecular formula is C73H96ClN7O15S2. The summed E-state index contributed by atoms with van der Waals surface area (Å²) in [5, 5.41) is 17.1. The van der Waals surface area contributed by atoms with Crippen LogP contribution in [0, 0.1) is 42.9 Å². The molecule has 0 radical (unpaired) electrons. The SMILES string of the molecule is C=C[C@@H]1C[C@]1(CC(=O)[C@@H]1[C@H](C)[C@@H](Oc2cc(-c3nc(C(C)C)cs3)nc3c(C)c(OC)ccc23)CN1C(=O)OC(C)(C)C)C(=O)OCC.C=C[C@@H]1C[C@]1([NH3+])C(=O)OCC.COc1ccc2c(O[C@H]3CN(C(=O)OC(C)(C)C)[C@H](C(=O)O)[C@@H]3C)cc(-c3nc(C(C)C)cs3)nc2c1C.[Cl-]. The van der Waals surface area contributed by atoms with E-state index in [0.717, 1.165) is 49.7 Å². The topological polar surface area (TPSA) is 282 Å². The number of nitrogens with zero attached hydrogens (tertiary/aromatic N) is 6. The number of rotatable bonds is 20. The van der Waals surface area contributed by atoms with Crippen LogP contribution in [0.3, 0.4) is 0 Å². The number of aromatic nitrogens is 4. The van der Waals surface area contributed by atoms with Gasteiger partial charge in [-0.05, 0) is 118 Å². The maximum atomic E-state index is 14.2. The summed E-state index contributed by atoms with van der Waals surface area (Å²) in [6, 6.07) is 9.31. The standard InChI is InChI=1S/C37H47N3O7S.C28H35N3O6S.C8H13NO2.ClH/c1-11-23-16-37(23,34(42)45-12-2)17-27(41)32-22(6)30(18-40(32)35(43)47-36(7,8)9)46-29-15-25(33-39-26(19-48-33)20(3)4)38-31-21(5)28(44-10)14-13-24(29)31;1-14(2)19-13-38-25(30-19)18-11-21(17-9-10-20(35-8)15(3)23(17)29-18)36-22-12-31(24(16(22)4)26(32)33)27(34)37-28(5,6)7;1-3-6-5-8(6,9)7(10)11-4-2;/h11,13-15,19-20,22-23,30,32H,1,12,16-18H2,2-10H3;9-11,13-14,16,22,24H,12H2,1-8H3,(H,32,33);3,6H,1,4-5,9H2,2H3;1H/t22-,23-,30+,32+,37-;16-,22+,24+;6-,8-;/m111./s1. The molecule has 2 saturated carbocycles. The van der Waals surface area contributed by atoms with Gasteiger partial charge in [0.25, 0.3) is 0 Å². The van der Waals surface area contributed by atoms with Gasteiger partial charge in [-0.1, -0.05) is 53.7 Å². The fraction of sp³-hybridized carbons (Fsp3) is 0.534. The number of thiazole rings is 2. The molecule has 98 heavy (non-hydrogen) atoms. The summed E-state index contributed by atoms with van der Waals surface area (Å²) in [7, 11) is 3.24. The van der Waals surface area contributed by atoms with E-state index < -0.39 is 82.4 Å². The Morgan fingerprint density at radius 2 is 1.07 bits per heavy atom. The molecule has 4 N–H and O–H groups in total. The quantitative estimate of drug-likeness (QED) is 0.0408. The Balaban J connectivity index is 0.000000240. The third-order valence-electron chi connectivity index (χ3n) is 18.1. The van der Waals surface area contributed by atoms with Crippen LogP contribution in [0.15, 0.2) is 72.5 Å². The van der Waals surface area contributed by atoms with Gasteiger partial charge in [-0.25, -0.2) is 39.1 Å². The van der Waals surface area contributed by atoms with Crippen LogP contribution in [-0.2, 0) is 38.1 Å². The van der Waals surface area contributed by atoms with E-state index >= 15 is 0 Å². The van der Waals surface area contributed by atoms with Gasteiger partial charge in [-0.15, -0.1) is 35.8 Å². The van der Waals surface area contributed by atoms with Crippen LogP contribution in [0.1, 0.15) is 151 Å². The Bertz CT molecular complexity index is 3950. The molecule has 2 aliphatic heterocycles. The minimum atomic E-state index is -1.10. The van der Waals surface area contributed by atoms with Gasteiger partial charge in [-0.3, -0.25) is 19.4 Å². The van der Waals surface area contributed by atoms with Crippen LogP contribution in [0.5, 0.6) is 23.0 Å². The Hall–Kier alpha value is -7.93. The Labute approximate surface area is 588 Å². The first-order chi connectivity index (χ1) is 45.6. The number of carbonyl (C=O) groups excluding carboxylic acids is 5. The average Bonchev–Trinajstić information content (AvgIpc) is 1.49. The van der Waals surface area contributed by atoms with Crippen molar-refractivity contribution in [3.8, 4) is 44.4 Å². The minimum Gasteiger partial charge on any atom is -1.00 e. The fourth-order valence-corrected chi connectivity index (χ4v) is 14.2. The molecule has 25 heteroatoms. The van der Waals surface area contributed by atoms with Gasteiger partial charge in [0.05, 0.1) is 68.4 Å². The Morgan fingerprint density at radius 1 is 0.653 bits per heavy atom. The first-order valence-electron chi connectivity index (χ1n) is 33.0. The highest BCUT2D eigenvalue weighted by Crippen LogP contribution is 2.58. The molecule has 0 bridgehead atoms. The van der Waals surface area contributed by atoms with Crippen molar-refractivity contribution in [2.24, 2.45) is 29.1 Å². The summed E-state index contributed by atoms with van der Waals surface area (Å²) >= 11 is 3.03.